The Balaban J connectivity index is 2.01. The van der Waals surface area contributed by atoms with Gasteiger partial charge in [0.25, 0.3) is 0 Å². The molecule has 2 rings (SSSR count). The summed E-state index contributed by atoms with van der Waals surface area (Å²) in [5, 5.41) is 0. The Hall–Kier alpha value is -0.890. The van der Waals surface area contributed by atoms with E-state index in [2.05, 4.69) is 24.3 Å². The van der Waals surface area contributed by atoms with Crippen molar-refractivity contribution in [1.29, 1.82) is 0 Å². The first kappa shape index (κ1) is 8.70. The van der Waals surface area contributed by atoms with Crippen LogP contribution in [0.25, 0.3) is 0 Å². The quantitative estimate of drug-likeness (QED) is 0.710. The second-order valence-corrected chi connectivity index (χ2v) is 4.17. The summed E-state index contributed by atoms with van der Waals surface area (Å²) in [6.45, 7) is 0.874. The first-order chi connectivity index (χ1) is 6.45. The van der Waals surface area contributed by atoms with Gasteiger partial charge in [0.2, 0.25) is 0 Å². The Labute approximate surface area is 82.8 Å². The maximum Gasteiger partial charge on any atom is 0.0927 e. The Kier molecular flexibility index (Phi) is 2.93. The average molecular weight is 192 g/mol. The van der Waals surface area contributed by atoms with Gasteiger partial charge in [-0.25, -0.2) is 0 Å². The highest BCUT2D eigenvalue weighted by molar-refractivity contribution is 8.03. The van der Waals surface area contributed by atoms with Gasteiger partial charge in [0, 0.05) is 9.80 Å². The molecular formula is C11H12OS. The number of rotatable bonds is 2. The smallest absolute Gasteiger partial charge is 0.0927 e. The molecule has 1 aliphatic rings. The zero-order valence-electron chi connectivity index (χ0n) is 7.40. The molecule has 0 saturated carbocycles. The SMILES string of the molecule is C1=C(Sc2ccccc2)CCCO1. The summed E-state index contributed by atoms with van der Waals surface area (Å²) in [6.07, 6.45) is 4.19. The molecule has 0 N–H and O–H groups in total. The first-order valence-corrected chi connectivity index (χ1v) is 5.30. The fourth-order valence-electron chi connectivity index (χ4n) is 1.26. The van der Waals surface area contributed by atoms with Crippen molar-refractivity contribution in [2.75, 3.05) is 6.61 Å². The van der Waals surface area contributed by atoms with E-state index < -0.39 is 0 Å². The molecule has 0 bridgehead atoms. The van der Waals surface area contributed by atoms with Crippen molar-refractivity contribution < 1.29 is 4.74 Å². The monoisotopic (exact) mass is 192 g/mol. The molecule has 1 nitrogen and oxygen atoms in total. The van der Waals surface area contributed by atoms with E-state index in [0.717, 1.165) is 19.4 Å². The third-order valence-electron chi connectivity index (χ3n) is 1.89. The van der Waals surface area contributed by atoms with E-state index in [1.54, 1.807) is 11.8 Å². The summed E-state index contributed by atoms with van der Waals surface area (Å²) in [4.78, 5) is 2.62. The highest BCUT2D eigenvalue weighted by atomic mass is 32.2. The van der Waals surface area contributed by atoms with Crippen molar-refractivity contribution in [3.05, 3.63) is 41.5 Å². The second-order valence-electron chi connectivity index (χ2n) is 2.97. The number of hydrogen-bond donors (Lipinski definition) is 0. The highest BCUT2D eigenvalue weighted by Crippen LogP contribution is 2.31. The zero-order valence-corrected chi connectivity index (χ0v) is 8.22. The molecule has 0 aliphatic carbocycles. The van der Waals surface area contributed by atoms with Gasteiger partial charge in [-0.15, -0.1) is 0 Å². The molecule has 0 spiro atoms. The van der Waals surface area contributed by atoms with Gasteiger partial charge in [-0.1, -0.05) is 30.0 Å². The van der Waals surface area contributed by atoms with E-state index in [1.807, 2.05) is 12.3 Å². The molecule has 13 heavy (non-hydrogen) atoms. The maximum atomic E-state index is 5.27. The van der Waals surface area contributed by atoms with E-state index in [1.165, 1.54) is 9.80 Å². The van der Waals surface area contributed by atoms with Gasteiger partial charge in [-0.2, -0.15) is 0 Å². The van der Waals surface area contributed by atoms with Gasteiger partial charge in [0.15, 0.2) is 0 Å². The fraction of sp³-hybridized carbons (Fsp3) is 0.273. The van der Waals surface area contributed by atoms with Crippen LogP contribution in [0.1, 0.15) is 12.8 Å². The van der Waals surface area contributed by atoms with Crippen LogP contribution in [0, 0.1) is 0 Å². The normalized spacial score (nSPS) is 16.2. The molecule has 0 saturated heterocycles. The molecule has 1 heterocycles. The summed E-state index contributed by atoms with van der Waals surface area (Å²) >= 11 is 1.80. The van der Waals surface area contributed by atoms with Crippen LogP contribution < -0.4 is 0 Å². The lowest BCUT2D eigenvalue weighted by atomic mass is 10.3. The van der Waals surface area contributed by atoms with Crippen LogP contribution in [0.5, 0.6) is 0 Å². The minimum Gasteiger partial charge on any atom is -0.500 e. The van der Waals surface area contributed by atoms with Crippen molar-refractivity contribution >= 4 is 11.8 Å². The van der Waals surface area contributed by atoms with Crippen molar-refractivity contribution in [1.82, 2.24) is 0 Å². The average Bonchev–Trinajstić information content (AvgIpc) is 2.21. The molecule has 0 unspecified atom stereocenters. The van der Waals surface area contributed by atoms with E-state index in [4.69, 9.17) is 4.74 Å². The van der Waals surface area contributed by atoms with Crippen LogP contribution in [0.3, 0.4) is 0 Å². The Morgan fingerprint density at radius 2 is 2.00 bits per heavy atom. The topological polar surface area (TPSA) is 9.23 Å². The van der Waals surface area contributed by atoms with Gasteiger partial charge >= 0.3 is 0 Å². The lowest BCUT2D eigenvalue weighted by Gasteiger charge is -2.12. The fourth-order valence-corrected chi connectivity index (χ4v) is 2.21. The van der Waals surface area contributed by atoms with Gasteiger partial charge in [0.05, 0.1) is 12.9 Å². The lowest BCUT2D eigenvalue weighted by molar-refractivity contribution is 0.229. The predicted molar refractivity (Wildman–Crippen MR) is 55.6 cm³/mol. The summed E-state index contributed by atoms with van der Waals surface area (Å²) in [6, 6.07) is 10.4. The molecule has 0 fully saturated rings. The van der Waals surface area contributed by atoms with E-state index in [9.17, 15) is 0 Å². The van der Waals surface area contributed by atoms with Crippen LogP contribution >= 0.6 is 11.8 Å². The summed E-state index contributed by atoms with van der Waals surface area (Å²) < 4.78 is 5.27. The maximum absolute atomic E-state index is 5.27. The molecule has 0 atom stereocenters. The molecule has 0 radical (unpaired) electrons. The van der Waals surface area contributed by atoms with Gasteiger partial charge in [0.1, 0.15) is 0 Å². The minimum absolute atomic E-state index is 0.874. The van der Waals surface area contributed by atoms with Crippen LogP contribution in [-0.2, 0) is 4.74 Å². The summed E-state index contributed by atoms with van der Waals surface area (Å²) in [7, 11) is 0. The van der Waals surface area contributed by atoms with E-state index in [0.29, 0.717) is 0 Å². The van der Waals surface area contributed by atoms with Gasteiger partial charge < -0.3 is 4.74 Å². The lowest BCUT2D eigenvalue weighted by Crippen LogP contribution is -1.96. The molecular weight excluding hydrogens is 180 g/mol. The molecule has 1 aromatic rings. The van der Waals surface area contributed by atoms with Crippen molar-refractivity contribution in [2.24, 2.45) is 0 Å². The minimum atomic E-state index is 0.874. The third-order valence-corrected chi connectivity index (χ3v) is 2.96. The summed E-state index contributed by atoms with van der Waals surface area (Å²) in [5.74, 6) is 0. The van der Waals surface area contributed by atoms with Crippen LogP contribution in [0.2, 0.25) is 0 Å². The van der Waals surface area contributed by atoms with Crippen LogP contribution in [0.4, 0.5) is 0 Å². The third kappa shape index (κ3) is 2.52. The van der Waals surface area contributed by atoms with Gasteiger partial charge in [-0.3, -0.25) is 0 Å². The van der Waals surface area contributed by atoms with Crippen molar-refractivity contribution in [3.8, 4) is 0 Å². The number of thioether (sulfide) groups is 1. The second kappa shape index (κ2) is 4.38. The largest absolute Gasteiger partial charge is 0.500 e. The van der Waals surface area contributed by atoms with E-state index >= 15 is 0 Å². The van der Waals surface area contributed by atoms with Gasteiger partial charge in [-0.05, 0) is 25.0 Å². The first-order valence-electron chi connectivity index (χ1n) is 4.49. The number of benzene rings is 1. The Morgan fingerprint density at radius 3 is 2.69 bits per heavy atom. The van der Waals surface area contributed by atoms with E-state index in [-0.39, 0.29) is 0 Å². The molecule has 1 aromatic carbocycles. The van der Waals surface area contributed by atoms with Crippen LogP contribution in [-0.4, -0.2) is 6.61 Å². The molecule has 0 amide bonds. The van der Waals surface area contributed by atoms with Crippen LogP contribution in [0.15, 0.2) is 46.4 Å². The molecule has 0 aromatic heterocycles. The number of hydrogen-bond acceptors (Lipinski definition) is 2. The highest BCUT2D eigenvalue weighted by Gasteiger charge is 2.05. The Bertz CT molecular complexity index is 292. The number of allylic oxidation sites excluding steroid dienone is 1. The molecule has 68 valence electrons. The molecule has 2 heteroatoms. The molecule has 1 aliphatic heterocycles. The standard InChI is InChI=1S/C11H12OS/c1-2-5-10(6-3-1)13-11-7-4-8-12-9-11/h1-3,5-6,9H,4,7-8H2. The van der Waals surface area contributed by atoms with Crippen molar-refractivity contribution in [3.63, 3.8) is 0 Å². The summed E-state index contributed by atoms with van der Waals surface area (Å²) in [5.41, 5.74) is 0. The predicted octanol–water partition coefficient (Wildman–Crippen LogP) is 3.43. The van der Waals surface area contributed by atoms with Crippen molar-refractivity contribution in [2.45, 2.75) is 17.7 Å². The Morgan fingerprint density at radius 1 is 1.15 bits per heavy atom. The number of ether oxygens (including phenoxy) is 1. The zero-order chi connectivity index (χ0) is 8.93.